The highest BCUT2D eigenvalue weighted by molar-refractivity contribution is 8.14. The number of hydrogen-bond acceptors (Lipinski definition) is 5. The topological polar surface area (TPSA) is 82.0 Å². The molecule has 1 atom stereocenters. The van der Waals surface area contributed by atoms with Crippen LogP contribution >= 0.6 is 35.0 Å². The van der Waals surface area contributed by atoms with Gasteiger partial charge in [0.25, 0.3) is 0 Å². The summed E-state index contributed by atoms with van der Waals surface area (Å²) in [5.41, 5.74) is -0.428. The first kappa shape index (κ1) is 21.4. The molecule has 1 aliphatic heterocycles. The summed E-state index contributed by atoms with van der Waals surface area (Å²) in [6.07, 6.45) is 0. The number of thioether (sulfide) groups is 1. The number of nitrogens with zero attached hydrogens (tertiary/aromatic N) is 2. The molecule has 1 aliphatic rings. The van der Waals surface area contributed by atoms with Gasteiger partial charge in [0.1, 0.15) is 4.90 Å². The Hall–Kier alpha value is -1.29. The predicted molar refractivity (Wildman–Crippen MR) is 114 cm³/mol. The quantitative estimate of drug-likeness (QED) is 0.716. The highest BCUT2D eigenvalue weighted by Crippen LogP contribution is 2.42. The van der Waals surface area contributed by atoms with Crippen LogP contribution in [0.2, 0.25) is 10.0 Å². The van der Waals surface area contributed by atoms with E-state index in [2.05, 4.69) is 9.71 Å². The van der Waals surface area contributed by atoms with Gasteiger partial charge in [-0.25, -0.2) is 13.1 Å². The van der Waals surface area contributed by atoms with Gasteiger partial charge >= 0.3 is 0 Å². The van der Waals surface area contributed by atoms with E-state index in [1.54, 1.807) is 19.0 Å². The van der Waals surface area contributed by atoms with Crippen molar-refractivity contribution in [2.24, 2.45) is 4.99 Å². The lowest BCUT2D eigenvalue weighted by molar-refractivity contribution is -0.0348. The molecule has 6 nitrogen and oxygen atoms in total. The summed E-state index contributed by atoms with van der Waals surface area (Å²) >= 11 is 13.9. The first-order valence-electron chi connectivity index (χ1n) is 8.28. The Kier molecular flexibility index (Phi) is 6.29. The Balaban J connectivity index is 1.98. The van der Waals surface area contributed by atoms with E-state index in [9.17, 15) is 13.5 Å². The second-order valence-corrected chi connectivity index (χ2v) is 9.74. The van der Waals surface area contributed by atoms with Crippen LogP contribution in [0.1, 0.15) is 11.1 Å². The molecule has 1 fully saturated rings. The normalized spacial score (nSPS) is 21.5. The van der Waals surface area contributed by atoms with E-state index in [0.29, 0.717) is 5.17 Å². The molecular formula is C18H19Cl2N3O3S2. The molecule has 2 aromatic rings. The van der Waals surface area contributed by atoms with Gasteiger partial charge in [-0.3, -0.25) is 4.99 Å². The fourth-order valence-electron chi connectivity index (χ4n) is 2.88. The van der Waals surface area contributed by atoms with Crippen molar-refractivity contribution >= 4 is 50.2 Å². The predicted octanol–water partition coefficient (Wildman–Crippen LogP) is 3.28. The SMILES string of the molecule is CN=C1SCC(O)(c2cc(S(=O)(=O)NCc3ccccc3)c(Cl)cc2Cl)N1C. The van der Waals surface area contributed by atoms with Crippen LogP contribution in [0.3, 0.4) is 0 Å². The van der Waals surface area contributed by atoms with E-state index in [0.717, 1.165) is 5.56 Å². The number of aliphatic imine (C=N–C) groups is 1. The fraction of sp³-hybridized carbons (Fsp3) is 0.278. The second kappa shape index (κ2) is 8.22. The van der Waals surface area contributed by atoms with Gasteiger partial charge in [-0.1, -0.05) is 65.3 Å². The van der Waals surface area contributed by atoms with Gasteiger partial charge in [0, 0.05) is 26.2 Å². The first-order chi connectivity index (χ1) is 13.2. The van der Waals surface area contributed by atoms with E-state index >= 15 is 0 Å². The van der Waals surface area contributed by atoms with Gasteiger partial charge < -0.3 is 10.0 Å². The van der Waals surface area contributed by atoms with Gasteiger partial charge in [0.15, 0.2) is 10.9 Å². The molecule has 0 aromatic heterocycles. The molecule has 0 spiro atoms. The zero-order chi connectivity index (χ0) is 20.5. The fourth-order valence-corrected chi connectivity index (χ4v) is 5.98. The van der Waals surface area contributed by atoms with Crippen molar-refractivity contribution in [3.63, 3.8) is 0 Å². The summed E-state index contributed by atoms with van der Waals surface area (Å²) in [5, 5.41) is 12.0. The summed E-state index contributed by atoms with van der Waals surface area (Å²) in [6, 6.07) is 11.8. The molecule has 0 aliphatic carbocycles. The maximum atomic E-state index is 12.8. The van der Waals surface area contributed by atoms with Crippen molar-refractivity contribution < 1.29 is 13.5 Å². The van der Waals surface area contributed by atoms with Crippen LogP contribution in [0.25, 0.3) is 0 Å². The van der Waals surface area contributed by atoms with Crippen molar-refractivity contribution in [3.8, 4) is 0 Å². The third-order valence-electron chi connectivity index (χ3n) is 4.49. The van der Waals surface area contributed by atoms with Crippen molar-refractivity contribution in [1.29, 1.82) is 0 Å². The van der Waals surface area contributed by atoms with Crippen molar-refractivity contribution in [1.82, 2.24) is 9.62 Å². The Labute approximate surface area is 178 Å². The minimum atomic E-state index is -3.93. The Bertz CT molecular complexity index is 1020. The molecule has 3 rings (SSSR count). The average molecular weight is 460 g/mol. The molecule has 0 bridgehead atoms. The third kappa shape index (κ3) is 4.03. The molecule has 10 heteroatoms. The molecule has 150 valence electrons. The number of halogens is 2. The van der Waals surface area contributed by atoms with Crippen LogP contribution in [0.4, 0.5) is 0 Å². The summed E-state index contributed by atoms with van der Waals surface area (Å²) in [7, 11) is -0.630. The molecule has 0 amide bonds. The maximum Gasteiger partial charge on any atom is 0.242 e. The van der Waals surface area contributed by atoms with Crippen LogP contribution in [0.5, 0.6) is 0 Å². The molecule has 2 N–H and O–H groups in total. The number of aliphatic hydroxyl groups is 1. The highest BCUT2D eigenvalue weighted by atomic mass is 35.5. The number of amidine groups is 1. The summed E-state index contributed by atoms with van der Waals surface area (Å²) < 4.78 is 28.2. The molecular weight excluding hydrogens is 441 g/mol. The lowest BCUT2D eigenvalue weighted by Crippen LogP contribution is -2.42. The summed E-state index contributed by atoms with van der Waals surface area (Å²) in [4.78, 5) is 5.55. The molecule has 2 aromatic carbocycles. The summed E-state index contributed by atoms with van der Waals surface area (Å²) in [6.45, 7) is 0.115. The van der Waals surface area contributed by atoms with Crippen molar-refractivity contribution in [2.75, 3.05) is 19.8 Å². The molecule has 0 radical (unpaired) electrons. The largest absolute Gasteiger partial charge is 0.366 e. The standard InChI is InChI=1S/C18H19Cl2N3O3S2/c1-21-17-23(2)18(24,11-27-17)13-8-16(15(20)9-14(13)19)28(25,26)22-10-12-6-4-3-5-7-12/h3-9,22,24H,10-11H2,1-2H3. The maximum absolute atomic E-state index is 12.8. The van der Waals surface area contributed by atoms with Gasteiger partial charge in [-0.2, -0.15) is 0 Å². The minimum absolute atomic E-state index is 0.0180. The third-order valence-corrected chi connectivity index (χ3v) is 7.93. The van der Waals surface area contributed by atoms with Crippen LogP contribution in [0, 0.1) is 0 Å². The van der Waals surface area contributed by atoms with Gasteiger partial charge in [0.05, 0.1) is 15.8 Å². The van der Waals surface area contributed by atoms with Crippen molar-refractivity contribution in [2.45, 2.75) is 17.2 Å². The zero-order valence-corrected chi connectivity index (χ0v) is 18.3. The summed E-state index contributed by atoms with van der Waals surface area (Å²) in [5.74, 6) is 0.258. The minimum Gasteiger partial charge on any atom is -0.366 e. The lowest BCUT2D eigenvalue weighted by atomic mass is 10.0. The van der Waals surface area contributed by atoms with E-state index < -0.39 is 15.7 Å². The molecule has 0 saturated carbocycles. The Morgan fingerprint density at radius 3 is 2.54 bits per heavy atom. The number of sulfonamides is 1. The van der Waals surface area contributed by atoms with Crippen LogP contribution in [-0.2, 0) is 22.3 Å². The van der Waals surface area contributed by atoms with Crippen LogP contribution < -0.4 is 4.72 Å². The molecule has 1 saturated heterocycles. The monoisotopic (exact) mass is 459 g/mol. The first-order valence-corrected chi connectivity index (χ1v) is 11.5. The number of hydrogen-bond donors (Lipinski definition) is 2. The van der Waals surface area contributed by atoms with Gasteiger partial charge in [-0.05, 0) is 17.7 Å². The number of nitrogens with one attached hydrogen (secondary N) is 1. The second-order valence-electron chi connectivity index (χ2n) is 6.24. The highest BCUT2D eigenvalue weighted by Gasteiger charge is 2.44. The zero-order valence-electron chi connectivity index (χ0n) is 15.2. The van der Waals surface area contributed by atoms with E-state index in [1.807, 2.05) is 30.3 Å². The van der Waals surface area contributed by atoms with E-state index in [1.165, 1.54) is 23.9 Å². The average Bonchev–Trinajstić information content (AvgIpc) is 2.96. The molecule has 1 unspecified atom stereocenters. The Morgan fingerprint density at radius 2 is 1.93 bits per heavy atom. The van der Waals surface area contributed by atoms with Crippen LogP contribution in [0.15, 0.2) is 52.4 Å². The Morgan fingerprint density at radius 1 is 1.25 bits per heavy atom. The van der Waals surface area contributed by atoms with Gasteiger partial charge in [-0.15, -0.1) is 0 Å². The van der Waals surface area contributed by atoms with Crippen molar-refractivity contribution in [3.05, 3.63) is 63.6 Å². The molecule has 1 heterocycles. The smallest absolute Gasteiger partial charge is 0.242 e. The van der Waals surface area contributed by atoms with E-state index in [4.69, 9.17) is 23.2 Å². The number of benzene rings is 2. The lowest BCUT2D eigenvalue weighted by Gasteiger charge is -2.32. The molecule has 28 heavy (non-hydrogen) atoms. The van der Waals surface area contributed by atoms with E-state index in [-0.39, 0.29) is 32.8 Å². The van der Waals surface area contributed by atoms with Gasteiger partial charge in [0.2, 0.25) is 10.0 Å². The van der Waals surface area contributed by atoms with Crippen LogP contribution in [-0.4, -0.2) is 43.4 Å². The number of rotatable bonds is 5.